The third-order valence-electron chi connectivity index (χ3n) is 12.9. The van der Waals surface area contributed by atoms with E-state index in [0.717, 1.165) is 59.8 Å². The number of allylic oxidation sites excluding steroid dienone is 4. The van der Waals surface area contributed by atoms with Crippen molar-refractivity contribution in [2.45, 2.75) is 50.7 Å². The summed E-state index contributed by atoms with van der Waals surface area (Å²) in [6.45, 7) is 2.29. The average molecular weight is 739 g/mol. The molecule has 0 saturated carbocycles. The molecule has 0 N–H and O–H groups in total. The molecule has 4 nitrogen and oxygen atoms in total. The van der Waals surface area contributed by atoms with Crippen LogP contribution < -0.4 is 14.5 Å². The van der Waals surface area contributed by atoms with Crippen LogP contribution in [0.1, 0.15) is 61.5 Å². The van der Waals surface area contributed by atoms with Gasteiger partial charge >= 0.3 is 0 Å². The molecule has 1 aliphatic heterocycles. The summed E-state index contributed by atoms with van der Waals surface area (Å²) in [5, 5.41) is 8.68. The number of nitrogens with zero attached hydrogens (tertiary/aromatic N) is 2. The summed E-state index contributed by atoms with van der Waals surface area (Å²) >= 11 is 0. The first kappa shape index (κ1) is 32.7. The number of ether oxygens (including phenoxy) is 1. The molecule has 276 valence electrons. The minimum absolute atomic E-state index is 0.00280. The van der Waals surface area contributed by atoms with Gasteiger partial charge in [0, 0.05) is 50.3 Å². The lowest BCUT2D eigenvalue weighted by atomic mass is 9.88. The van der Waals surface area contributed by atoms with Gasteiger partial charge in [-0.25, -0.2) is 0 Å². The van der Waals surface area contributed by atoms with Gasteiger partial charge in [-0.1, -0.05) is 128 Å². The van der Waals surface area contributed by atoms with Crippen LogP contribution >= 0.6 is 0 Å². The Labute approximate surface area is 332 Å². The second-order valence-corrected chi connectivity index (χ2v) is 16.2. The van der Waals surface area contributed by atoms with Gasteiger partial charge in [-0.05, 0) is 95.6 Å². The van der Waals surface area contributed by atoms with E-state index in [9.17, 15) is 0 Å². The summed E-state index contributed by atoms with van der Waals surface area (Å²) in [4.78, 5) is 4.99. The van der Waals surface area contributed by atoms with Gasteiger partial charge in [0.25, 0.3) is 0 Å². The molecule has 4 unspecified atom stereocenters. The molecule has 0 fully saturated rings. The molecule has 0 spiro atoms. The molecule has 4 aliphatic rings. The van der Waals surface area contributed by atoms with Crippen molar-refractivity contribution < 1.29 is 9.15 Å². The summed E-state index contributed by atoms with van der Waals surface area (Å²) in [7, 11) is 0. The highest BCUT2D eigenvalue weighted by molar-refractivity contribution is 6.28. The molecule has 2 heterocycles. The van der Waals surface area contributed by atoms with E-state index in [-0.39, 0.29) is 12.1 Å². The van der Waals surface area contributed by atoms with E-state index >= 15 is 0 Å². The lowest BCUT2D eigenvalue weighted by Crippen LogP contribution is -2.29. The van der Waals surface area contributed by atoms with Crippen molar-refractivity contribution in [2.24, 2.45) is 5.92 Å². The fourth-order valence-electron chi connectivity index (χ4n) is 10.2. The van der Waals surface area contributed by atoms with E-state index in [1.54, 1.807) is 0 Å². The molecule has 57 heavy (non-hydrogen) atoms. The summed E-state index contributed by atoms with van der Waals surface area (Å²) in [6, 6.07) is 44.5. The molecule has 7 aromatic carbocycles. The van der Waals surface area contributed by atoms with E-state index in [2.05, 4.69) is 181 Å². The van der Waals surface area contributed by atoms with Crippen molar-refractivity contribution in [3.05, 3.63) is 180 Å². The predicted octanol–water partition coefficient (Wildman–Crippen LogP) is 14.4. The molecule has 12 rings (SSSR count). The van der Waals surface area contributed by atoms with Crippen LogP contribution in [-0.4, -0.2) is 6.10 Å². The zero-order chi connectivity index (χ0) is 37.6. The van der Waals surface area contributed by atoms with Crippen molar-refractivity contribution in [2.75, 3.05) is 9.80 Å². The number of rotatable bonds is 6. The van der Waals surface area contributed by atoms with Crippen LogP contribution in [0.15, 0.2) is 168 Å². The van der Waals surface area contributed by atoms with Gasteiger partial charge in [-0.15, -0.1) is 0 Å². The second-order valence-electron chi connectivity index (χ2n) is 16.2. The minimum Gasteiger partial charge on any atom is -0.487 e. The summed E-state index contributed by atoms with van der Waals surface area (Å²) < 4.78 is 13.6. The van der Waals surface area contributed by atoms with Crippen LogP contribution in [-0.2, 0) is 0 Å². The van der Waals surface area contributed by atoms with Crippen LogP contribution in [0, 0.1) is 5.92 Å². The average Bonchev–Trinajstić information content (AvgIpc) is 3.84. The van der Waals surface area contributed by atoms with Crippen LogP contribution in [0.25, 0.3) is 49.4 Å². The van der Waals surface area contributed by atoms with Crippen LogP contribution in [0.5, 0.6) is 5.75 Å². The van der Waals surface area contributed by atoms with Gasteiger partial charge in [0.05, 0.1) is 17.4 Å². The predicted molar refractivity (Wildman–Crippen MR) is 236 cm³/mol. The number of hydrogen-bond acceptors (Lipinski definition) is 4. The number of benzene rings is 7. The Hall–Kier alpha value is -6.52. The zero-order valence-corrected chi connectivity index (χ0v) is 31.9. The molecule has 4 heteroatoms. The topological polar surface area (TPSA) is 28.9 Å². The van der Waals surface area contributed by atoms with Crippen LogP contribution in [0.2, 0.25) is 0 Å². The molecular formula is C53H42N2O2. The molecule has 3 aliphatic carbocycles. The number of para-hydroxylation sites is 3. The minimum atomic E-state index is 0.00280. The lowest BCUT2D eigenvalue weighted by Gasteiger charge is -2.37. The third-order valence-corrected chi connectivity index (χ3v) is 12.9. The standard InChI is InChI=1S/C53H42N2O2/c1-33-21-27-37(28-22-33)55(47-18-10-16-41-39-14-6-8-20-49(39)57-53(41)47)45-32-26-35-23-29-42-44(31-25-34-24-30-43(45)51(35)50(34)42)54(36-11-3-2-4-12-36)46-17-9-15-40-38-13-5-7-19-48(38)56-52(40)46/h2-6,8-17,20-21,23-33,38,47-48H,7,18-19,22H2,1H3. The molecular weight excluding hydrogens is 697 g/mol. The normalized spacial score (nSPS) is 20.8. The van der Waals surface area contributed by atoms with Crippen molar-refractivity contribution in [3.63, 3.8) is 0 Å². The third kappa shape index (κ3) is 4.99. The Bertz CT molecular complexity index is 3000. The SMILES string of the molecule is CC1C=CC(N(c2ccc3ccc4c(N(c5ccccc5)c5cccc6c5OC5CCC=CC65)ccc5ccc2c3c54)C2CC=Cc3c2oc2ccccc32)=CC1. The number of fused-ring (bicyclic) bond motifs is 6. The quantitative estimate of drug-likeness (QED) is 0.125. The van der Waals surface area contributed by atoms with E-state index in [0.29, 0.717) is 11.8 Å². The van der Waals surface area contributed by atoms with Crippen LogP contribution in [0.3, 0.4) is 0 Å². The largest absolute Gasteiger partial charge is 0.487 e. The van der Waals surface area contributed by atoms with Gasteiger partial charge in [0.2, 0.25) is 0 Å². The van der Waals surface area contributed by atoms with Crippen molar-refractivity contribution in [1.82, 2.24) is 0 Å². The molecule has 4 atom stereocenters. The fraction of sp³-hybridized carbons (Fsp3) is 0.170. The Balaban J connectivity index is 1.08. The smallest absolute Gasteiger partial charge is 0.147 e. The van der Waals surface area contributed by atoms with E-state index in [4.69, 9.17) is 9.15 Å². The van der Waals surface area contributed by atoms with E-state index < -0.39 is 0 Å². The van der Waals surface area contributed by atoms with Crippen molar-refractivity contribution in [3.8, 4) is 5.75 Å². The Morgan fingerprint density at radius 1 is 0.632 bits per heavy atom. The Morgan fingerprint density at radius 2 is 1.40 bits per heavy atom. The second kappa shape index (κ2) is 12.8. The fourth-order valence-corrected chi connectivity index (χ4v) is 10.2. The van der Waals surface area contributed by atoms with Gasteiger partial charge < -0.3 is 19.0 Å². The number of furan rings is 1. The lowest BCUT2D eigenvalue weighted by molar-refractivity contribution is 0.205. The molecule has 1 aromatic heterocycles. The maximum Gasteiger partial charge on any atom is 0.147 e. The van der Waals surface area contributed by atoms with Gasteiger partial charge in [-0.2, -0.15) is 0 Å². The van der Waals surface area contributed by atoms with Gasteiger partial charge in [-0.3, -0.25) is 0 Å². The van der Waals surface area contributed by atoms with E-state index in [1.165, 1.54) is 60.2 Å². The molecule has 0 amide bonds. The first-order valence-electron chi connectivity index (χ1n) is 20.6. The summed E-state index contributed by atoms with van der Waals surface area (Å²) in [5.41, 5.74) is 9.17. The van der Waals surface area contributed by atoms with Crippen molar-refractivity contribution >= 4 is 72.1 Å². The van der Waals surface area contributed by atoms with E-state index in [1.807, 2.05) is 0 Å². The van der Waals surface area contributed by atoms with Crippen molar-refractivity contribution in [1.29, 1.82) is 0 Å². The maximum absolute atomic E-state index is 6.88. The Kier molecular flexibility index (Phi) is 7.32. The van der Waals surface area contributed by atoms with Crippen LogP contribution in [0.4, 0.5) is 22.7 Å². The highest BCUT2D eigenvalue weighted by Gasteiger charge is 2.37. The Morgan fingerprint density at radius 3 is 2.23 bits per heavy atom. The first-order chi connectivity index (χ1) is 28.2. The maximum atomic E-state index is 6.88. The first-order valence-corrected chi connectivity index (χ1v) is 20.6. The molecule has 8 aromatic rings. The summed E-state index contributed by atoms with van der Waals surface area (Å²) in [5.74, 6) is 2.83. The number of anilines is 4. The molecule has 0 saturated heterocycles. The van der Waals surface area contributed by atoms with Gasteiger partial charge in [0.15, 0.2) is 0 Å². The summed E-state index contributed by atoms with van der Waals surface area (Å²) in [6.07, 6.45) is 20.5. The highest BCUT2D eigenvalue weighted by atomic mass is 16.5. The monoisotopic (exact) mass is 738 g/mol. The molecule has 0 bridgehead atoms. The number of hydrogen-bond donors (Lipinski definition) is 0. The zero-order valence-electron chi connectivity index (χ0n) is 31.9. The van der Waals surface area contributed by atoms with Gasteiger partial charge in [0.1, 0.15) is 23.2 Å². The molecule has 0 radical (unpaired) electrons. The highest BCUT2D eigenvalue weighted by Crippen LogP contribution is 2.53.